The van der Waals surface area contributed by atoms with Crippen LogP contribution in [-0.4, -0.2) is 30.0 Å². The molecule has 2 heterocycles. The Kier molecular flexibility index (Phi) is 5.29. The predicted molar refractivity (Wildman–Crippen MR) is 89.9 cm³/mol. The fraction of sp³-hybridized carbons (Fsp3) is 0.611. The molecular weight excluding hydrogens is 296 g/mol. The van der Waals surface area contributed by atoms with E-state index in [9.17, 15) is 4.79 Å². The van der Waals surface area contributed by atoms with Crippen molar-refractivity contribution in [2.75, 3.05) is 13.7 Å². The molecule has 0 spiro atoms. The quantitative estimate of drug-likeness (QED) is 0.790. The molecule has 2 saturated heterocycles. The lowest BCUT2D eigenvalue weighted by Gasteiger charge is -2.37. The summed E-state index contributed by atoms with van der Waals surface area (Å²) in [4.78, 5) is 12.4. The third-order valence-electron chi connectivity index (χ3n) is 4.65. The first-order valence-corrected chi connectivity index (χ1v) is 9.14. The molecule has 1 aromatic rings. The summed E-state index contributed by atoms with van der Waals surface area (Å²) in [6.45, 7) is 0.463. The SMILES string of the molecule is COc1cccc(OCCC(=O)C2CC3CCCC(C2)S3)c1. The lowest BCUT2D eigenvalue weighted by Crippen LogP contribution is -2.33. The van der Waals surface area contributed by atoms with Crippen molar-refractivity contribution in [3.8, 4) is 11.5 Å². The molecular formula is C18H24O3S. The molecule has 0 N–H and O–H groups in total. The second-order valence-corrected chi connectivity index (χ2v) is 7.83. The molecule has 0 radical (unpaired) electrons. The minimum Gasteiger partial charge on any atom is -0.497 e. The molecule has 2 atom stereocenters. The van der Waals surface area contributed by atoms with Crippen LogP contribution in [0.25, 0.3) is 0 Å². The van der Waals surface area contributed by atoms with Gasteiger partial charge in [0.05, 0.1) is 13.7 Å². The van der Waals surface area contributed by atoms with E-state index >= 15 is 0 Å². The monoisotopic (exact) mass is 320 g/mol. The van der Waals surface area contributed by atoms with Gasteiger partial charge in [0.1, 0.15) is 17.3 Å². The number of hydrogen-bond donors (Lipinski definition) is 0. The van der Waals surface area contributed by atoms with E-state index < -0.39 is 0 Å². The van der Waals surface area contributed by atoms with Gasteiger partial charge >= 0.3 is 0 Å². The number of carbonyl (C=O) groups is 1. The van der Waals surface area contributed by atoms with E-state index in [0.29, 0.717) is 18.8 Å². The van der Waals surface area contributed by atoms with Gasteiger partial charge in [0.25, 0.3) is 0 Å². The molecule has 3 nitrogen and oxygen atoms in total. The van der Waals surface area contributed by atoms with Crippen LogP contribution in [-0.2, 0) is 4.79 Å². The van der Waals surface area contributed by atoms with E-state index in [1.165, 1.54) is 19.3 Å². The van der Waals surface area contributed by atoms with Crippen molar-refractivity contribution in [2.45, 2.75) is 49.0 Å². The van der Waals surface area contributed by atoms with E-state index in [0.717, 1.165) is 34.8 Å². The third-order valence-corrected chi connectivity index (χ3v) is 6.27. The summed E-state index contributed by atoms with van der Waals surface area (Å²) in [6.07, 6.45) is 6.63. The van der Waals surface area contributed by atoms with Gasteiger partial charge in [0.2, 0.25) is 0 Å². The van der Waals surface area contributed by atoms with E-state index in [1.54, 1.807) is 7.11 Å². The number of Topliss-reactive ketones (excluding diaryl/α,β-unsaturated/α-hetero) is 1. The Bertz CT molecular complexity index is 505. The van der Waals surface area contributed by atoms with Crippen LogP contribution in [0.1, 0.15) is 38.5 Å². The standard InChI is InChI=1S/C18H24O3S/c1-20-14-4-2-5-15(12-14)21-9-8-18(19)13-10-16-6-3-7-17(11-13)22-16/h2,4-5,12-13,16-17H,3,6-11H2,1H3. The fourth-order valence-corrected chi connectivity index (χ4v) is 5.32. The molecule has 0 amide bonds. The van der Waals surface area contributed by atoms with Crippen LogP contribution in [0.5, 0.6) is 11.5 Å². The highest BCUT2D eigenvalue weighted by molar-refractivity contribution is 8.00. The summed E-state index contributed by atoms with van der Waals surface area (Å²) in [5, 5.41) is 1.45. The molecule has 3 rings (SSSR count). The Morgan fingerprint density at radius 2 is 1.95 bits per heavy atom. The van der Waals surface area contributed by atoms with Gasteiger partial charge in [-0.15, -0.1) is 0 Å². The molecule has 2 aliphatic rings. The van der Waals surface area contributed by atoms with Crippen molar-refractivity contribution in [1.29, 1.82) is 0 Å². The number of rotatable bonds is 6. The summed E-state index contributed by atoms with van der Waals surface area (Å²) in [5.74, 6) is 2.20. The highest BCUT2D eigenvalue weighted by atomic mass is 32.2. The summed E-state index contributed by atoms with van der Waals surface area (Å²) in [5.41, 5.74) is 0. The Hall–Kier alpha value is -1.16. The molecule has 2 fully saturated rings. The summed E-state index contributed by atoms with van der Waals surface area (Å²) >= 11 is 2.12. The fourth-order valence-electron chi connectivity index (χ4n) is 3.49. The number of benzene rings is 1. The Labute approximate surface area is 136 Å². The predicted octanol–water partition coefficient (Wildman–Crippen LogP) is 4.10. The Balaban J connectivity index is 1.46. The van der Waals surface area contributed by atoms with Crippen LogP contribution in [0.4, 0.5) is 0 Å². The molecule has 4 heteroatoms. The largest absolute Gasteiger partial charge is 0.497 e. The van der Waals surface area contributed by atoms with Crippen molar-refractivity contribution in [2.24, 2.45) is 5.92 Å². The van der Waals surface area contributed by atoms with Crippen molar-refractivity contribution in [3.63, 3.8) is 0 Å². The van der Waals surface area contributed by atoms with Crippen LogP contribution in [0, 0.1) is 5.92 Å². The molecule has 2 aliphatic heterocycles. The van der Waals surface area contributed by atoms with Crippen molar-refractivity contribution in [3.05, 3.63) is 24.3 Å². The zero-order chi connectivity index (χ0) is 15.4. The van der Waals surface area contributed by atoms with Crippen molar-refractivity contribution < 1.29 is 14.3 Å². The average Bonchev–Trinajstić information content (AvgIpc) is 2.54. The van der Waals surface area contributed by atoms with Crippen LogP contribution < -0.4 is 9.47 Å². The molecule has 22 heavy (non-hydrogen) atoms. The lowest BCUT2D eigenvalue weighted by atomic mass is 9.86. The Morgan fingerprint density at radius 3 is 2.68 bits per heavy atom. The number of fused-ring (bicyclic) bond motifs is 2. The first kappa shape index (κ1) is 15.7. The number of thioether (sulfide) groups is 1. The topological polar surface area (TPSA) is 35.5 Å². The summed E-state index contributed by atoms with van der Waals surface area (Å²) in [7, 11) is 1.64. The Morgan fingerprint density at radius 1 is 1.23 bits per heavy atom. The van der Waals surface area contributed by atoms with Crippen LogP contribution in [0.3, 0.4) is 0 Å². The van der Waals surface area contributed by atoms with Gasteiger partial charge in [-0.2, -0.15) is 11.8 Å². The number of carbonyl (C=O) groups excluding carboxylic acids is 1. The molecule has 1 aromatic carbocycles. The maximum absolute atomic E-state index is 12.4. The second-order valence-electron chi connectivity index (χ2n) is 6.22. The van der Waals surface area contributed by atoms with Crippen LogP contribution >= 0.6 is 11.8 Å². The first-order valence-electron chi connectivity index (χ1n) is 8.19. The second kappa shape index (κ2) is 7.40. The first-order chi connectivity index (χ1) is 10.7. The normalized spacial score (nSPS) is 27.2. The molecule has 120 valence electrons. The molecule has 2 bridgehead atoms. The minimum absolute atomic E-state index is 0.269. The summed E-state index contributed by atoms with van der Waals surface area (Å²) in [6, 6.07) is 7.53. The van der Waals surface area contributed by atoms with Crippen LogP contribution in [0.2, 0.25) is 0 Å². The smallest absolute Gasteiger partial charge is 0.139 e. The number of methoxy groups -OCH3 is 1. The third kappa shape index (κ3) is 3.97. The maximum atomic E-state index is 12.4. The molecule has 0 aliphatic carbocycles. The number of ether oxygens (including phenoxy) is 2. The van der Waals surface area contributed by atoms with Gasteiger partial charge in [-0.1, -0.05) is 12.5 Å². The van der Waals surface area contributed by atoms with Gasteiger partial charge in [-0.05, 0) is 37.8 Å². The molecule has 0 saturated carbocycles. The van der Waals surface area contributed by atoms with Crippen LogP contribution in [0.15, 0.2) is 24.3 Å². The van der Waals surface area contributed by atoms with E-state index in [-0.39, 0.29) is 5.92 Å². The van der Waals surface area contributed by atoms with E-state index in [1.807, 2.05) is 24.3 Å². The zero-order valence-electron chi connectivity index (χ0n) is 13.1. The number of hydrogen-bond acceptors (Lipinski definition) is 4. The minimum atomic E-state index is 0.269. The van der Waals surface area contributed by atoms with E-state index in [2.05, 4.69) is 11.8 Å². The molecule has 0 aromatic heterocycles. The maximum Gasteiger partial charge on any atom is 0.139 e. The number of ketones is 1. The van der Waals surface area contributed by atoms with Gasteiger partial charge in [-0.3, -0.25) is 4.79 Å². The van der Waals surface area contributed by atoms with Crippen molar-refractivity contribution in [1.82, 2.24) is 0 Å². The highest BCUT2D eigenvalue weighted by Crippen LogP contribution is 2.44. The highest BCUT2D eigenvalue weighted by Gasteiger charge is 2.35. The van der Waals surface area contributed by atoms with Gasteiger partial charge in [0.15, 0.2) is 0 Å². The van der Waals surface area contributed by atoms with Gasteiger partial charge in [-0.25, -0.2) is 0 Å². The van der Waals surface area contributed by atoms with Gasteiger partial charge < -0.3 is 9.47 Å². The van der Waals surface area contributed by atoms with E-state index in [4.69, 9.17) is 9.47 Å². The van der Waals surface area contributed by atoms with Crippen molar-refractivity contribution >= 4 is 17.5 Å². The zero-order valence-corrected chi connectivity index (χ0v) is 13.9. The van der Waals surface area contributed by atoms with Gasteiger partial charge in [0, 0.05) is 28.9 Å². The lowest BCUT2D eigenvalue weighted by molar-refractivity contribution is -0.124. The average molecular weight is 320 g/mol. The molecule has 2 unspecified atom stereocenters. The summed E-state index contributed by atoms with van der Waals surface area (Å²) < 4.78 is 10.9.